The van der Waals surface area contributed by atoms with Crippen LogP contribution in [0.5, 0.6) is 5.75 Å². The van der Waals surface area contributed by atoms with E-state index in [9.17, 15) is 4.79 Å². The summed E-state index contributed by atoms with van der Waals surface area (Å²) in [6.07, 6.45) is 5.04. The lowest BCUT2D eigenvalue weighted by atomic mass is 10.1. The van der Waals surface area contributed by atoms with Gasteiger partial charge in [-0.25, -0.2) is 0 Å². The molecule has 144 valence electrons. The zero-order valence-corrected chi connectivity index (χ0v) is 16.3. The normalized spacial score (nSPS) is 20.2. The Morgan fingerprint density at radius 3 is 2.93 bits per heavy atom. The van der Waals surface area contributed by atoms with Gasteiger partial charge in [0.05, 0.1) is 36.0 Å². The second-order valence-electron chi connectivity index (χ2n) is 7.17. The highest BCUT2D eigenvalue weighted by Crippen LogP contribution is 2.34. The van der Waals surface area contributed by atoms with Gasteiger partial charge in [0.2, 0.25) is 0 Å². The average Bonchev–Trinajstić information content (AvgIpc) is 3.34. The van der Waals surface area contributed by atoms with E-state index < -0.39 is 5.97 Å². The van der Waals surface area contributed by atoms with Crippen molar-refractivity contribution in [3.8, 4) is 5.75 Å². The number of aromatic nitrogens is 1. The van der Waals surface area contributed by atoms with Crippen molar-refractivity contribution in [2.75, 3.05) is 17.7 Å². The summed E-state index contributed by atoms with van der Waals surface area (Å²) < 4.78 is 5.76. The maximum atomic E-state index is 10.9. The van der Waals surface area contributed by atoms with Crippen LogP contribution >= 0.6 is 11.8 Å². The SMILES string of the molecule is CCOc1cc(NC2CCCC2)c2[nH]c(C3=NC(CC(=O)O)CS3)cc2c1. The van der Waals surface area contributed by atoms with Crippen LogP contribution in [0.2, 0.25) is 0 Å². The molecule has 1 atom stereocenters. The van der Waals surface area contributed by atoms with Crippen LogP contribution < -0.4 is 10.1 Å². The van der Waals surface area contributed by atoms with E-state index >= 15 is 0 Å². The Labute approximate surface area is 162 Å². The molecule has 0 radical (unpaired) electrons. The van der Waals surface area contributed by atoms with Crippen LogP contribution in [0, 0.1) is 0 Å². The first-order valence-electron chi connectivity index (χ1n) is 9.61. The lowest BCUT2D eigenvalue weighted by molar-refractivity contribution is -0.137. The number of thioether (sulfide) groups is 1. The number of carboxylic acid groups (broad SMARTS) is 1. The number of hydrogen-bond donors (Lipinski definition) is 3. The topological polar surface area (TPSA) is 86.7 Å². The van der Waals surface area contributed by atoms with E-state index in [-0.39, 0.29) is 12.5 Å². The lowest BCUT2D eigenvalue weighted by Gasteiger charge is -2.15. The first-order valence-corrected chi connectivity index (χ1v) is 10.6. The van der Waals surface area contributed by atoms with Crippen molar-refractivity contribution >= 4 is 39.4 Å². The van der Waals surface area contributed by atoms with Crippen LogP contribution in [0.3, 0.4) is 0 Å². The number of anilines is 1. The fourth-order valence-electron chi connectivity index (χ4n) is 3.85. The first-order chi connectivity index (χ1) is 13.1. The molecule has 0 amide bonds. The molecule has 1 aliphatic carbocycles. The number of rotatable bonds is 7. The molecule has 0 saturated heterocycles. The van der Waals surface area contributed by atoms with E-state index in [1.54, 1.807) is 11.8 Å². The Hall–Kier alpha value is -2.15. The maximum absolute atomic E-state index is 10.9. The molecule has 1 aliphatic heterocycles. The number of carbonyl (C=O) groups is 1. The largest absolute Gasteiger partial charge is 0.494 e. The predicted octanol–water partition coefficient (Wildman–Crippen LogP) is 4.26. The van der Waals surface area contributed by atoms with Crippen molar-refractivity contribution in [2.45, 2.75) is 51.1 Å². The number of H-pyrrole nitrogens is 1. The van der Waals surface area contributed by atoms with Crippen LogP contribution in [0.1, 0.15) is 44.7 Å². The highest BCUT2D eigenvalue weighted by atomic mass is 32.2. The molecule has 6 nitrogen and oxygen atoms in total. The molecule has 1 aromatic heterocycles. The van der Waals surface area contributed by atoms with Gasteiger partial charge in [-0.3, -0.25) is 9.79 Å². The molecule has 1 fully saturated rings. The van der Waals surface area contributed by atoms with Gasteiger partial charge in [0.25, 0.3) is 0 Å². The molecule has 27 heavy (non-hydrogen) atoms. The van der Waals surface area contributed by atoms with E-state index in [2.05, 4.69) is 27.4 Å². The Kier molecular flexibility index (Phi) is 5.29. The average molecular weight is 388 g/mol. The van der Waals surface area contributed by atoms with Crippen molar-refractivity contribution in [2.24, 2.45) is 4.99 Å². The number of ether oxygens (including phenoxy) is 1. The lowest BCUT2D eigenvalue weighted by Crippen LogP contribution is -2.14. The summed E-state index contributed by atoms with van der Waals surface area (Å²) in [7, 11) is 0. The molecule has 3 N–H and O–H groups in total. The standard InChI is InChI=1S/C20H25N3O3S/c1-2-26-15-7-12-8-17(20-22-14(11-27-20)9-18(24)25)23-19(12)16(10-15)21-13-5-3-4-6-13/h7-8,10,13-14,21,23H,2-6,9,11H2,1H3,(H,24,25). The number of aliphatic carboxylic acids is 1. The summed E-state index contributed by atoms with van der Waals surface area (Å²) in [5.74, 6) is 0.779. The number of carboxylic acids is 1. The second-order valence-corrected chi connectivity index (χ2v) is 8.18. The zero-order chi connectivity index (χ0) is 18.8. The summed E-state index contributed by atoms with van der Waals surface area (Å²) >= 11 is 1.62. The monoisotopic (exact) mass is 387 g/mol. The van der Waals surface area contributed by atoms with Gasteiger partial charge >= 0.3 is 5.97 Å². The molecule has 2 aliphatic rings. The van der Waals surface area contributed by atoms with Gasteiger partial charge in [0.15, 0.2) is 0 Å². The third-order valence-electron chi connectivity index (χ3n) is 5.08. The van der Waals surface area contributed by atoms with Gasteiger partial charge in [-0.15, -0.1) is 11.8 Å². The minimum Gasteiger partial charge on any atom is -0.494 e. The third kappa shape index (κ3) is 4.08. The Morgan fingerprint density at radius 2 is 2.19 bits per heavy atom. The van der Waals surface area contributed by atoms with Gasteiger partial charge in [0, 0.05) is 23.2 Å². The smallest absolute Gasteiger partial charge is 0.305 e. The van der Waals surface area contributed by atoms with Crippen molar-refractivity contribution in [3.63, 3.8) is 0 Å². The fourth-order valence-corrected chi connectivity index (χ4v) is 4.89. The molecule has 2 aromatic rings. The summed E-state index contributed by atoms with van der Waals surface area (Å²) in [5.41, 5.74) is 3.08. The maximum Gasteiger partial charge on any atom is 0.305 e. The number of aliphatic imine (C=N–C) groups is 1. The van der Waals surface area contributed by atoms with Crippen LogP contribution in [0.4, 0.5) is 5.69 Å². The highest BCUT2D eigenvalue weighted by Gasteiger charge is 2.24. The van der Waals surface area contributed by atoms with Crippen molar-refractivity contribution in [1.82, 2.24) is 4.98 Å². The first kappa shape index (κ1) is 18.2. The molecule has 1 aromatic carbocycles. The van der Waals surface area contributed by atoms with Gasteiger partial charge in [-0.2, -0.15) is 0 Å². The van der Waals surface area contributed by atoms with Crippen molar-refractivity contribution in [3.05, 3.63) is 23.9 Å². The van der Waals surface area contributed by atoms with E-state index in [4.69, 9.17) is 9.84 Å². The van der Waals surface area contributed by atoms with E-state index in [1.807, 2.05) is 13.0 Å². The zero-order valence-electron chi connectivity index (χ0n) is 15.5. The Balaban J connectivity index is 1.66. The molecular weight excluding hydrogens is 362 g/mol. The number of hydrogen-bond acceptors (Lipinski definition) is 5. The molecule has 4 rings (SSSR count). The molecular formula is C20H25N3O3S. The van der Waals surface area contributed by atoms with Crippen LogP contribution in [-0.2, 0) is 4.79 Å². The summed E-state index contributed by atoms with van der Waals surface area (Å²) in [4.78, 5) is 19.0. The van der Waals surface area contributed by atoms with E-state index in [1.165, 1.54) is 25.7 Å². The van der Waals surface area contributed by atoms with E-state index in [0.29, 0.717) is 18.4 Å². The third-order valence-corrected chi connectivity index (χ3v) is 6.23. The summed E-state index contributed by atoms with van der Waals surface area (Å²) in [6.45, 7) is 2.62. The molecule has 1 saturated carbocycles. The van der Waals surface area contributed by atoms with E-state index in [0.717, 1.165) is 33.1 Å². The van der Waals surface area contributed by atoms with Crippen LogP contribution in [0.15, 0.2) is 23.2 Å². The quantitative estimate of drug-likeness (QED) is 0.661. The minimum atomic E-state index is -0.799. The molecule has 1 unspecified atom stereocenters. The number of benzene rings is 1. The fraction of sp³-hybridized carbons (Fsp3) is 0.500. The number of nitrogens with zero attached hydrogens (tertiary/aromatic N) is 1. The Bertz CT molecular complexity index is 871. The number of nitrogens with one attached hydrogen (secondary N) is 2. The minimum absolute atomic E-state index is 0.0830. The van der Waals surface area contributed by atoms with Crippen LogP contribution in [0.25, 0.3) is 10.9 Å². The molecule has 0 bridgehead atoms. The second kappa shape index (κ2) is 7.84. The summed E-state index contributed by atoms with van der Waals surface area (Å²) in [6, 6.07) is 6.57. The van der Waals surface area contributed by atoms with Crippen molar-refractivity contribution < 1.29 is 14.6 Å². The van der Waals surface area contributed by atoms with Gasteiger partial charge < -0.3 is 20.1 Å². The highest BCUT2D eigenvalue weighted by molar-refractivity contribution is 8.14. The van der Waals surface area contributed by atoms with Gasteiger partial charge in [-0.05, 0) is 31.9 Å². The number of aromatic amines is 1. The Morgan fingerprint density at radius 1 is 1.37 bits per heavy atom. The van der Waals surface area contributed by atoms with Crippen molar-refractivity contribution in [1.29, 1.82) is 0 Å². The van der Waals surface area contributed by atoms with Crippen LogP contribution in [-0.4, -0.2) is 45.5 Å². The molecule has 2 heterocycles. The number of fused-ring (bicyclic) bond motifs is 1. The molecule has 0 spiro atoms. The molecule has 7 heteroatoms. The van der Waals surface area contributed by atoms with Gasteiger partial charge in [-0.1, -0.05) is 12.8 Å². The summed E-state index contributed by atoms with van der Waals surface area (Å²) in [5, 5.41) is 14.7. The predicted molar refractivity (Wildman–Crippen MR) is 110 cm³/mol. The van der Waals surface area contributed by atoms with Gasteiger partial charge in [0.1, 0.15) is 10.8 Å².